The van der Waals surface area contributed by atoms with Crippen LogP contribution < -0.4 is 5.73 Å². The molecule has 1 nitrogen and oxygen atoms in total. The van der Waals surface area contributed by atoms with Crippen molar-refractivity contribution in [2.45, 2.75) is 37.0 Å². The van der Waals surface area contributed by atoms with E-state index >= 15 is 0 Å². The van der Waals surface area contributed by atoms with Crippen molar-refractivity contribution in [2.75, 3.05) is 0 Å². The van der Waals surface area contributed by atoms with Gasteiger partial charge in [0, 0.05) is 16.0 Å². The number of hydrogen-bond acceptors (Lipinski definition) is 2. The van der Waals surface area contributed by atoms with Crippen LogP contribution in [0.1, 0.15) is 28.9 Å². The average molecular weight is 306 g/mol. The van der Waals surface area contributed by atoms with E-state index in [1.54, 1.807) is 11.8 Å². The van der Waals surface area contributed by atoms with Crippen LogP contribution in [0, 0.1) is 13.8 Å². The van der Waals surface area contributed by atoms with Crippen molar-refractivity contribution < 1.29 is 0 Å². The van der Waals surface area contributed by atoms with E-state index in [2.05, 4.69) is 38.1 Å². The highest BCUT2D eigenvalue weighted by Crippen LogP contribution is 2.41. The number of aryl methyl sites for hydroxylation is 2. The van der Waals surface area contributed by atoms with Gasteiger partial charge in [-0.3, -0.25) is 0 Å². The molecule has 2 aromatic carbocycles. The fraction of sp³-hybridized carbons (Fsp3) is 0.294. The first kappa shape index (κ1) is 15.4. The minimum Gasteiger partial charge on any atom is -0.327 e. The first-order valence-electron chi connectivity index (χ1n) is 6.73. The molecule has 20 heavy (non-hydrogen) atoms. The monoisotopic (exact) mass is 305 g/mol. The topological polar surface area (TPSA) is 26.0 Å². The van der Waals surface area contributed by atoms with Gasteiger partial charge in [0.25, 0.3) is 0 Å². The van der Waals surface area contributed by atoms with Crippen LogP contribution in [0.3, 0.4) is 0 Å². The molecular formula is C17H20ClNS. The number of thioether (sulfide) groups is 1. The molecule has 3 heteroatoms. The van der Waals surface area contributed by atoms with E-state index in [1.165, 1.54) is 16.0 Å². The highest BCUT2D eigenvalue weighted by molar-refractivity contribution is 7.99. The zero-order valence-corrected chi connectivity index (χ0v) is 13.6. The van der Waals surface area contributed by atoms with Crippen molar-refractivity contribution in [1.82, 2.24) is 0 Å². The van der Waals surface area contributed by atoms with Gasteiger partial charge in [-0.25, -0.2) is 0 Å². The highest BCUT2D eigenvalue weighted by atomic mass is 35.5. The predicted octanol–water partition coefficient (Wildman–Crippen LogP) is 5.14. The van der Waals surface area contributed by atoms with Gasteiger partial charge in [-0.1, -0.05) is 47.5 Å². The highest BCUT2D eigenvalue weighted by Gasteiger charge is 2.20. The SMILES string of the molecule is Cc1ccc(C)c(SC(c2ccccc2Cl)C(C)N)c1. The van der Waals surface area contributed by atoms with Gasteiger partial charge in [0.1, 0.15) is 0 Å². The van der Waals surface area contributed by atoms with Gasteiger partial charge in [-0.05, 0) is 44.0 Å². The van der Waals surface area contributed by atoms with Crippen LogP contribution in [-0.4, -0.2) is 6.04 Å². The maximum Gasteiger partial charge on any atom is 0.0507 e. The van der Waals surface area contributed by atoms with E-state index in [0.717, 1.165) is 10.6 Å². The molecule has 0 bridgehead atoms. The Balaban J connectivity index is 2.36. The molecule has 0 heterocycles. The van der Waals surface area contributed by atoms with E-state index in [4.69, 9.17) is 17.3 Å². The molecule has 2 atom stereocenters. The second kappa shape index (κ2) is 6.66. The first-order valence-corrected chi connectivity index (χ1v) is 7.98. The Morgan fingerprint density at radius 2 is 1.80 bits per heavy atom. The number of nitrogens with two attached hydrogens (primary N) is 1. The van der Waals surface area contributed by atoms with Crippen LogP contribution >= 0.6 is 23.4 Å². The van der Waals surface area contributed by atoms with Crippen molar-refractivity contribution in [3.8, 4) is 0 Å². The normalized spacial score (nSPS) is 14.1. The maximum atomic E-state index is 6.33. The van der Waals surface area contributed by atoms with Gasteiger partial charge in [-0.2, -0.15) is 0 Å². The van der Waals surface area contributed by atoms with Gasteiger partial charge >= 0.3 is 0 Å². The predicted molar refractivity (Wildman–Crippen MR) is 89.6 cm³/mol. The first-order chi connectivity index (χ1) is 9.49. The average Bonchev–Trinajstić information content (AvgIpc) is 2.40. The van der Waals surface area contributed by atoms with Crippen molar-refractivity contribution in [2.24, 2.45) is 5.73 Å². The summed E-state index contributed by atoms with van der Waals surface area (Å²) in [5, 5.41) is 0.941. The Hall–Kier alpha value is -0.960. The van der Waals surface area contributed by atoms with Gasteiger partial charge in [-0.15, -0.1) is 11.8 Å². The number of hydrogen-bond donors (Lipinski definition) is 1. The van der Waals surface area contributed by atoms with Crippen LogP contribution in [-0.2, 0) is 0 Å². The molecule has 2 rings (SSSR count). The largest absolute Gasteiger partial charge is 0.327 e. The third-order valence-corrected chi connectivity index (χ3v) is 5.26. The molecule has 0 aliphatic rings. The van der Waals surface area contributed by atoms with E-state index in [9.17, 15) is 0 Å². The van der Waals surface area contributed by atoms with E-state index in [-0.39, 0.29) is 11.3 Å². The molecular weight excluding hydrogens is 286 g/mol. The Bertz CT molecular complexity index is 595. The van der Waals surface area contributed by atoms with Crippen LogP contribution in [0.4, 0.5) is 0 Å². The van der Waals surface area contributed by atoms with Crippen molar-refractivity contribution in [3.05, 3.63) is 64.2 Å². The maximum absolute atomic E-state index is 6.33. The number of benzene rings is 2. The second-order valence-corrected chi connectivity index (χ2v) is 6.78. The van der Waals surface area contributed by atoms with Crippen molar-refractivity contribution in [3.63, 3.8) is 0 Å². The zero-order valence-electron chi connectivity index (χ0n) is 12.1. The van der Waals surface area contributed by atoms with Crippen LogP contribution in [0.5, 0.6) is 0 Å². The number of rotatable bonds is 4. The van der Waals surface area contributed by atoms with Gasteiger partial charge in [0.2, 0.25) is 0 Å². The minimum absolute atomic E-state index is 0.0276. The number of halogens is 1. The molecule has 0 saturated heterocycles. The molecule has 0 aromatic heterocycles. The quantitative estimate of drug-likeness (QED) is 0.792. The summed E-state index contributed by atoms with van der Waals surface area (Å²) in [6.45, 7) is 6.28. The third kappa shape index (κ3) is 3.57. The lowest BCUT2D eigenvalue weighted by atomic mass is 10.1. The lowest BCUT2D eigenvalue weighted by molar-refractivity contribution is 0.721. The Kier molecular flexibility index (Phi) is 5.14. The van der Waals surface area contributed by atoms with E-state index < -0.39 is 0 Å². The lowest BCUT2D eigenvalue weighted by Crippen LogP contribution is -2.22. The molecule has 106 valence electrons. The molecule has 0 aliphatic carbocycles. The molecule has 2 N–H and O–H groups in total. The smallest absolute Gasteiger partial charge is 0.0507 e. The summed E-state index contributed by atoms with van der Waals surface area (Å²) in [7, 11) is 0. The third-order valence-electron chi connectivity index (χ3n) is 3.29. The summed E-state index contributed by atoms with van der Waals surface area (Å²) >= 11 is 8.13. The van der Waals surface area contributed by atoms with Gasteiger partial charge < -0.3 is 5.73 Å². The lowest BCUT2D eigenvalue weighted by Gasteiger charge is -2.23. The van der Waals surface area contributed by atoms with Crippen molar-refractivity contribution >= 4 is 23.4 Å². The molecule has 0 spiro atoms. The van der Waals surface area contributed by atoms with Crippen LogP contribution in [0.2, 0.25) is 5.02 Å². The Morgan fingerprint density at radius 3 is 2.45 bits per heavy atom. The summed E-state index contributed by atoms with van der Waals surface area (Å²) in [4.78, 5) is 1.27. The summed E-state index contributed by atoms with van der Waals surface area (Å²) in [6, 6.07) is 14.5. The molecule has 2 unspecified atom stereocenters. The van der Waals surface area contributed by atoms with Gasteiger partial charge in [0.15, 0.2) is 0 Å². The van der Waals surface area contributed by atoms with E-state index in [0.29, 0.717) is 0 Å². The Labute approximate surface area is 130 Å². The van der Waals surface area contributed by atoms with Crippen molar-refractivity contribution in [1.29, 1.82) is 0 Å². The molecule has 2 aromatic rings. The van der Waals surface area contributed by atoms with Crippen LogP contribution in [0.15, 0.2) is 47.4 Å². The summed E-state index contributed by atoms with van der Waals surface area (Å²) in [5.41, 5.74) is 9.84. The fourth-order valence-electron chi connectivity index (χ4n) is 2.13. The molecule has 0 radical (unpaired) electrons. The standard InChI is InChI=1S/C17H20ClNS/c1-11-8-9-12(2)16(10-11)20-17(13(3)19)14-6-4-5-7-15(14)18/h4-10,13,17H,19H2,1-3H3. The van der Waals surface area contributed by atoms with E-state index in [1.807, 2.05) is 25.1 Å². The molecule has 0 aliphatic heterocycles. The summed E-state index contributed by atoms with van der Waals surface area (Å²) < 4.78 is 0. The minimum atomic E-state index is 0.0276. The summed E-state index contributed by atoms with van der Waals surface area (Å²) in [6.07, 6.45) is 0. The second-order valence-electron chi connectivity index (χ2n) is 5.19. The van der Waals surface area contributed by atoms with Gasteiger partial charge in [0.05, 0.1) is 5.25 Å². The summed E-state index contributed by atoms with van der Waals surface area (Å²) in [5.74, 6) is 0. The zero-order chi connectivity index (χ0) is 14.7. The molecule has 0 fully saturated rings. The molecule has 0 saturated carbocycles. The molecule has 0 amide bonds. The van der Waals surface area contributed by atoms with Crippen LogP contribution in [0.25, 0.3) is 0 Å². The fourth-order valence-corrected chi connectivity index (χ4v) is 3.78. The Morgan fingerprint density at radius 1 is 1.10 bits per heavy atom.